The monoisotopic (exact) mass is 378 g/mol. The van der Waals surface area contributed by atoms with E-state index in [-0.39, 0.29) is 23.9 Å². The van der Waals surface area contributed by atoms with Crippen LogP contribution in [0.1, 0.15) is 12.0 Å². The number of anilines is 1. The van der Waals surface area contributed by atoms with Gasteiger partial charge in [0.25, 0.3) is 0 Å². The molecule has 5 nitrogen and oxygen atoms in total. The molecule has 1 saturated heterocycles. The number of hydrogen-bond donors (Lipinski definition) is 0. The van der Waals surface area contributed by atoms with Gasteiger partial charge in [0.05, 0.1) is 10.3 Å². The highest BCUT2D eigenvalue weighted by Gasteiger charge is 2.55. The van der Waals surface area contributed by atoms with Crippen molar-refractivity contribution in [1.29, 1.82) is 0 Å². The number of halogens is 2. The number of benzene rings is 2. The molecular weight excluding hydrogens is 362 g/mol. The first kappa shape index (κ1) is 17.1. The largest absolute Gasteiger partial charge is 0.314 e. The van der Waals surface area contributed by atoms with Gasteiger partial charge in [-0.25, -0.2) is 17.2 Å². The number of likely N-dealkylation sites (N-methyl/N-ethyl adjacent to an activating group) is 1. The summed E-state index contributed by atoms with van der Waals surface area (Å²) in [4.78, 5) is 14.1. The molecule has 0 aliphatic carbocycles. The molecular formula is C18H16F2N2O3S. The topological polar surface area (TPSA) is 57.7 Å². The average molecular weight is 378 g/mol. The molecule has 0 radical (unpaired) electrons. The number of para-hydroxylation sites is 1. The van der Waals surface area contributed by atoms with Gasteiger partial charge >= 0.3 is 0 Å². The summed E-state index contributed by atoms with van der Waals surface area (Å²) in [5, 5.41) is 0. The van der Waals surface area contributed by atoms with E-state index in [0.717, 1.165) is 23.4 Å². The van der Waals surface area contributed by atoms with E-state index in [0.29, 0.717) is 12.5 Å². The molecule has 0 N–H and O–H groups in total. The van der Waals surface area contributed by atoms with E-state index < -0.39 is 27.1 Å². The Kier molecular flexibility index (Phi) is 3.68. The number of carbonyl (C=O) groups excluding carboxylic acids is 1. The highest BCUT2D eigenvalue weighted by atomic mass is 32.2. The first-order chi connectivity index (χ1) is 12.3. The van der Waals surface area contributed by atoms with Crippen LogP contribution in [0.15, 0.2) is 47.4 Å². The molecule has 8 heteroatoms. The summed E-state index contributed by atoms with van der Waals surface area (Å²) in [5.41, 5.74) is 0.636. The van der Waals surface area contributed by atoms with Gasteiger partial charge in [0.1, 0.15) is 0 Å². The molecule has 2 heterocycles. The average Bonchev–Trinajstić information content (AvgIpc) is 3.17. The van der Waals surface area contributed by atoms with Crippen LogP contribution in [0.3, 0.4) is 0 Å². The van der Waals surface area contributed by atoms with Crippen molar-refractivity contribution >= 4 is 21.6 Å². The molecule has 0 aromatic heterocycles. The Morgan fingerprint density at radius 2 is 1.81 bits per heavy atom. The van der Waals surface area contributed by atoms with E-state index in [2.05, 4.69) is 0 Å². The van der Waals surface area contributed by atoms with E-state index in [1.54, 1.807) is 11.9 Å². The second-order valence-corrected chi connectivity index (χ2v) is 8.57. The third-order valence-corrected chi connectivity index (χ3v) is 7.10. The molecule has 1 atom stereocenters. The minimum absolute atomic E-state index is 0.0193. The summed E-state index contributed by atoms with van der Waals surface area (Å²) in [6.45, 7) is 0.115. The first-order valence-corrected chi connectivity index (χ1v) is 9.54. The Labute approximate surface area is 149 Å². The van der Waals surface area contributed by atoms with E-state index in [1.807, 2.05) is 24.3 Å². The number of carbonyl (C=O) groups is 1. The highest BCUT2D eigenvalue weighted by Crippen LogP contribution is 2.47. The van der Waals surface area contributed by atoms with Crippen LogP contribution in [0, 0.1) is 11.6 Å². The van der Waals surface area contributed by atoms with Crippen molar-refractivity contribution in [2.75, 3.05) is 25.0 Å². The SMILES string of the molecule is CN1C(=O)C2(CCN(S(=O)(=O)c3ccc(F)c(F)c3)C2)c2ccccc21. The van der Waals surface area contributed by atoms with Gasteiger partial charge < -0.3 is 4.90 Å². The fraction of sp³-hybridized carbons (Fsp3) is 0.278. The van der Waals surface area contributed by atoms with Gasteiger partial charge in [0.15, 0.2) is 11.6 Å². The van der Waals surface area contributed by atoms with Gasteiger partial charge in [-0.05, 0) is 36.2 Å². The van der Waals surface area contributed by atoms with Crippen molar-refractivity contribution in [3.05, 3.63) is 59.7 Å². The summed E-state index contributed by atoms with van der Waals surface area (Å²) in [7, 11) is -2.36. The summed E-state index contributed by atoms with van der Waals surface area (Å²) in [6, 6.07) is 9.81. The van der Waals surface area contributed by atoms with Crippen LogP contribution < -0.4 is 4.90 Å². The Morgan fingerprint density at radius 1 is 1.08 bits per heavy atom. The summed E-state index contributed by atoms with van der Waals surface area (Å²) < 4.78 is 53.5. The molecule has 4 rings (SSSR count). The maximum atomic E-state index is 13.5. The van der Waals surface area contributed by atoms with Gasteiger partial charge in [-0.15, -0.1) is 0 Å². The van der Waals surface area contributed by atoms with Crippen molar-refractivity contribution in [3.8, 4) is 0 Å². The van der Waals surface area contributed by atoms with Crippen LogP contribution >= 0.6 is 0 Å². The van der Waals surface area contributed by atoms with Crippen LogP contribution in [-0.2, 0) is 20.2 Å². The quantitative estimate of drug-likeness (QED) is 0.806. The molecule has 136 valence electrons. The van der Waals surface area contributed by atoms with Crippen LogP contribution in [0.2, 0.25) is 0 Å². The predicted molar refractivity (Wildman–Crippen MR) is 91.3 cm³/mol. The molecule has 2 aromatic carbocycles. The van der Waals surface area contributed by atoms with E-state index in [9.17, 15) is 22.0 Å². The van der Waals surface area contributed by atoms with Crippen LogP contribution in [0.5, 0.6) is 0 Å². The zero-order valence-corrected chi connectivity index (χ0v) is 14.8. The van der Waals surface area contributed by atoms with Gasteiger partial charge in [0.2, 0.25) is 15.9 Å². The maximum Gasteiger partial charge on any atom is 0.243 e. The molecule has 1 unspecified atom stereocenters. The summed E-state index contributed by atoms with van der Waals surface area (Å²) in [5.74, 6) is -2.48. The minimum Gasteiger partial charge on any atom is -0.314 e. The second kappa shape index (κ2) is 5.59. The minimum atomic E-state index is -4.03. The predicted octanol–water partition coefficient (Wildman–Crippen LogP) is 2.27. The Bertz CT molecular complexity index is 1020. The van der Waals surface area contributed by atoms with Crippen molar-refractivity contribution in [2.45, 2.75) is 16.7 Å². The number of hydrogen-bond acceptors (Lipinski definition) is 3. The fourth-order valence-corrected chi connectivity index (χ4v) is 5.39. The fourth-order valence-electron chi connectivity index (χ4n) is 3.88. The Balaban J connectivity index is 1.73. The molecule has 2 aliphatic rings. The lowest BCUT2D eigenvalue weighted by atomic mass is 9.81. The number of sulfonamides is 1. The van der Waals surface area contributed by atoms with E-state index in [4.69, 9.17) is 0 Å². The molecule has 0 saturated carbocycles. The Morgan fingerprint density at radius 3 is 2.54 bits per heavy atom. The van der Waals surface area contributed by atoms with Gasteiger partial charge in [-0.1, -0.05) is 18.2 Å². The van der Waals surface area contributed by atoms with Crippen LogP contribution in [-0.4, -0.2) is 38.8 Å². The normalized spacial score (nSPS) is 23.0. The molecule has 1 spiro atoms. The second-order valence-electron chi connectivity index (χ2n) is 6.63. The van der Waals surface area contributed by atoms with Crippen molar-refractivity contribution in [3.63, 3.8) is 0 Å². The van der Waals surface area contributed by atoms with Crippen molar-refractivity contribution in [1.82, 2.24) is 4.31 Å². The molecule has 2 aliphatic heterocycles. The number of amides is 1. The lowest BCUT2D eigenvalue weighted by Crippen LogP contribution is -2.42. The highest BCUT2D eigenvalue weighted by molar-refractivity contribution is 7.89. The standard InChI is InChI=1S/C18H16F2N2O3S/c1-21-16-5-3-2-4-13(16)18(17(21)23)8-9-22(11-18)26(24,25)12-6-7-14(19)15(20)10-12/h2-7,10H,8-9,11H2,1H3. The maximum absolute atomic E-state index is 13.5. The third kappa shape index (κ3) is 2.22. The summed E-state index contributed by atoms with van der Waals surface area (Å²) in [6.07, 6.45) is 0.343. The number of rotatable bonds is 2. The van der Waals surface area contributed by atoms with Crippen molar-refractivity contribution in [2.24, 2.45) is 0 Å². The summed E-state index contributed by atoms with van der Waals surface area (Å²) >= 11 is 0. The first-order valence-electron chi connectivity index (χ1n) is 8.10. The number of nitrogens with zero attached hydrogens (tertiary/aromatic N) is 2. The molecule has 0 bridgehead atoms. The third-order valence-electron chi connectivity index (χ3n) is 5.26. The van der Waals surface area contributed by atoms with Gasteiger partial charge in [-0.3, -0.25) is 4.79 Å². The lowest BCUT2D eigenvalue weighted by molar-refractivity contribution is -0.122. The molecule has 1 amide bonds. The zero-order chi connectivity index (χ0) is 18.7. The van der Waals surface area contributed by atoms with E-state index in [1.165, 1.54) is 4.31 Å². The van der Waals surface area contributed by atoms with Crippen molar-refractivity contribution < 1.29 is 22.0 Å². The van der Waals surface area contributed by atoms with Crippen LogP contribution in [0.4, 0.5) is 14.5 Å². The van der Waals surface area contributed by atoms with Crippen LogP contribution in [0.25, 0.3) is 0 Å². The number of fused-ring (bicyclic) bond motifs is 2. The molecule has 2 aromatic rings. The smallest absolute Gasteiger partial charge is 0.243 e. The zero-order valence-electron chi connectivity index (χ0n) is 13.9. The van der Waals surface area contributed by atoms with E-state index >= 15 is 0 Å². The lowest BCUT2D eigenvalue weighted by Gasteiger charge is -2.23. The van der Waals surface area contributed by atoms with Gasteiger partial charge in [-0.2, -0.15) is 4.31 Å². The molecule has 1 fully saturated rings. The molecule has 26 heavy (non-hydrogen) atoms. The van der Waals surface area contributed by atoms with Gasteiger partial charge in [0, 0.05) is 25.8 Å². The Hall–Kier alpha value is -2.32.